The maximum atomic E-state index is 5.40. The van der Waals surface area contributed by atoms with Gasteiger partial charge in [0.05, 0.1) is 0 Å². The van der Waals surface area contributed by atoms with Crippen LogP contribution >= 0.6 is 24.0 Å². The number of aromatic nitrogens is 3. The standard InChI is InChI=1S/C21H34N6O.HI/c1-3-20-26-25-18-27(20)16-15-24-21(23-14-9-17-28-4-2)22-13-8-12-19-10-6-5-7-11-19;/h5-7,10-11,18H,3-4,8-9,12-17H2,1-2H3,(H2,22,23,24);1H. The topological polar surface area (TPSA) is 76.4 Å². The molecule has 0 aliphatic rings. The van der Waals surface area contributed by atoms with Crippen molar-refractivity contribution in [3.63, 3.8) is 0 Å². The number of aliphatic imine (C=N–C) groups is 1. The molecular weight excluding hydrogens is 479 g/mol. The summed E-state index contributed by atoms with van der Waals surface area (Å²) in [6.07, 6.45) is 5.70. The summed E-state index contributed by atoms with van der Waals surface area (Å²) in [7, 11) is 0. The number of halogens is 1. The SMILES string of the molecule is CCOCCCNC(=NCCCc1ccccc1)NCCn1cnnc1CC.I. The third-order valence-corrected chi connectivity index (χ3v) is 4.36. The molecule has 2 aromatic rings. The lowest BCUT2D eigenvalue weighted by Crippen LogP contribution is -2.40. The Bertz CT molecular complexity index is 677. The zero-order chi connectivity index (χ0) is 19.9. The normalized spacial score (nSPS) is 11.2. The van der Waals surface area contributed by atoms with E-state index < -0.39 is 0 Å². The molecule has 162 valence electrons. The number of ether oxygens (including phenoxy) is 1. The first-order chi connectivity index (χ1) is 13.8. The molecule has 0 saturated carbocycles. The maximum absolute atomic E-state index is 5.40. The number of benzene rings is 1. The van der Waals surface area contributed by atoms with Gasteiger partial charge in [0, 0.05) is 45.8 Å². The first-order valence-corrected chi connectivity index (χ1v) is 10.3. The number of hydrogen-bond acceptors (Lipinski definition) is 4. The number of aryl methyl sites for hydroxylation is 2. The number of guanidine groups is 1. The molecular formula is C21H35IN6O. The lowest BCUT2D eigenvalue weighted by atomic mass is 10.1. The van der Waals surface area contributed by atoms with Crippen LogP contribution in [0, 0.1) is 0 Å². The summed E-state index contributed by atoms with van der Waals surface area (Å²) in [4.78, 5) is 4.73. The van der Waals surface area contributed by atoms with E-state index in [1.165, 1.54) is 5.56 Å². The average molecular weight is 514 g/mol. The van der Waals surface area contributed by atoms with Crippen LogP contribution in [0.1, 0.15) is 38.1 Å². The molecule has 8 heteroatoms. The number of hydrogen-bond donors (Lipinski definition) is 2. The second-order valence-electron chi connectivity index (χ2n) is 6.52. The number of nitrogens with zero attached hydrogens (tertiary/aromatic N) is 4. The Hall–Kier alpha value is -1.68. The summed E-state index contributed by atoms with van der Waals surface area (Å²) in [6, 6.07) is 10.6. The zero-order valence-corrected chi connectivity index (χ0v) is 20.0. The van der Waals surface area contributed by atoms with Gasteiger partial charge in [0.2, 0.25) is 0 Å². The fourth-order valence-electron chi connectivity index (χ4n) is 2.85. The molecule has 0 saturated heterocycles. The van der Waals surface area contributed by atoms with Crippen LogP contribution in [0.5, 0.6) is 0 Å². The highest BCUT2D eigenvalue weighted by Gasteiger charge is 2.03. The summed E-state index contributed by atoms with van der Waals surface area (Å²) in [6.45, 7) is 8.88. The van der Waals surface area contributed by atoms with Crippen LogP contribution < -0.4 is 10.6 Å². The van der Waals surface area contributed by atoms with Gasteiger partial charge >= 0.3 is 0 Å². The molecule has 29 heavy (non-hydrogen) atoms. The molecule has 2 rings (SSSR count). The summed E-state index contributed by atoms with van der Waals surface area (Å²) in [5.41, 5.74) is 1.36. The van der Waals surface area contributed by atoms with E-state index in [0.717, 1.165) is 76.9 Å². The van der Waals surface area contributed by atoms with Gasteiger partial charge in [-0.25, -0.2) is 0 Å². The molecule has 0 fully saturated rings. The van der Waals surface area contributed by atoms with Crippen LogP contribution in [-0.2, 0) is 24.1 Å². The Kier molecular flexibility index (Phi) is 14.1. The van der Waals surface area contributed by atoms with E-state index in [4.69, 9.17) is 9.73 Å². The Labute approximate surface area is 191 Å². The highest BCUT2D eigenvalue weighted by atomic mass is 127. The van der Waals surface area contributed by atoms with E-state index in [9.17, 15) is 0 Å². The summed E-state index contributed by atoms with van der Waals surface area (Å²) in [5, 5.41) is 14.9. The van der Waals surface area contributed by atoms with Crippen LogP contribution in [0.2, 0.25) is 0 Å². The van der Waals surface area contributed by atoms with Gasteiger partial charge in [-0.3, -0.25) is 4.99 Å². The van der Waals surface area contributed by atoms with E-state index in [2.05, 4.69) is 62.7 Å². The molecule has 0 unspecified atom stereocenters. The minimum absolute atomic E-state index is 0. The molecule has 1 aromatic carbocycles. The summed E-state index contributed by atoms with van der Waals surface area (Å²) < 4.78 is 7.48. The van der Waals surface area contributed by atoms with Crippen molar-refractivity contribution in [1.82, 2.24) is 25.4 Å². The van der Waals surface area contributed by atoms with E-state index in [1.807, 2.05) is 6.92 Å². The van der Waals surface area contributed by atoms with Crippen molar-refractivity contribution in [2.45, 2.75) is 46.1 Å². The number of nitrogens with one attached hydrogen (secondary N) is 2. The fourth-order valence-corrected chi connectivity index (χ4v) is 2.85. The molecule has 0 aliphatic carbocycles. The smallest absolute Gasteiger partial charge is 0.191 e. The highest BCUT2D eigenvalue weighted by Crippen LogP contribution is 2.02. The van der Waals surface area contributed by atoms with Gasteiger partial charge in [-0.2, -0.15) is 0 Å². The Morgan fingerprint density at radius 3 is 2.66 bits per heavy atom. The van der Waals surface area contributed by atoms with E-state index in [-0.39, 0.29) is 24.0 Å². The second-order valence-corrected chi connectivity index (χ2v) is 6.52. The van der Waals surface area contributed by atoms with E-state index >= 15 is 0 Å². The molecule has 0 aliphatic heterocycles. The predicted octanol–water partition coefficient (Wildman–Crippen LogP) is 3.05. The van der Waals surface area contributed by atoms with Gasteiger partial charge in [-0.1, -0.05) is 37.3 Å². The van der Waals surface area contributed by atoms with Gasteiger partial charge in [0.25, 0.3) is 0 Å². The van der Waals surface area contributed by atoms with Crippen molar-refractivity contribution in [2.75, 3.05) is 32.8 Å². The van der Waals surface area contributed by atoms with Crippen LogP contribution in [0.4, 0.5) is 0 Å². The lowest BCUT2D eigenvalue weighted by Gasteiger charge is -2.13. The Morgan fingerprint density at radius 1 is 1.10 bits per heavy atom. The van der Waals surface area contributed by atoms with Crippen molar-refractivity contribution in [3.05, 3.63) is 48.0 Å². The van der Waals surface area contributed by atoms with Crippen LogP contribution in [0.3, 0.4) is 0 Å². The van der Waals surface area contributed by atoms with Gasteiger partial charge in [-0.15, -0.1) is 34.2 Å². The Morgan fingerprint density at radius 2 is 1.90 bits per heavy atom. The Balaban J connectivity index is 0.00000420. The van der Waals surface area contributed by atoms with Crippen molar-refractivity contribution >= 4 is 29.9 Å². The summed E-state index contributed by atoms with van der Waals surface area (Å²) >= 11 is 0. The molecule has 0 amide bonds. The maximum Gasteiger partial charge on any atom is 0.191 e. The first kappa shape index (κ1) is 25.4. The lowest BCUT2D eigenvalue weighted by molar-refractivity contribution is 0.145. The van der Waals surface area contributed by atoms with Crippen LogP contribution in [0.15, 0.2) is 41.7 Å². The molecule has 0 bridgehead atoms. The monoisotopic (exact) mass is 514 g/mol. The molecule has 2 N–H and O–H groups in total. The van der Waals surface area contributed by atoms with Crippen LogP contribution in [0.25, 0.3) is 0 Å². The van der Waals surface area contributed by atoms with E-state index in [0.29, 0.717) is 0 Å². The molecule has 0 atom stereocenters. The minimum Gasteiger partial charge on any atom is -0.382 e. The predicted molar refractivity (Wildman–Crippen MR) is 129 cm³/mol. The molecule has 0 spiro atoms. The van der Waals surface area contributed by atoms with E-state index in [1.54, 1.807) is 6.33 Å². The third kappa shape index (κ3) is 10.6. The molecule has 1 heterocycles. The molecule has 0 radical (unpaired) electrons. The summed E-state index contributed by atoms with van der Waals surface area (Å²) in [5.74, 6) is 1.86. The fraction of sp³-hybridized carbons (Fsp3) is 0.571. The van der Waals surface area contributed by atoms with Crippen LogP contribution in [-0.4, -0.2) is 53.6 Å². The molecule has 1 aromatic heterocycles. The van der Waals surface area contributed by atoms with Crippen molar-refractivity contribution in [3.8, 4) is 0 Å². The highest BCUT2D eigenvalue weighted by molar-refractivity contribution is 14.0. The van der Waals surface area contributed by atoms with Gasteiger partial charge in [0.15, 0.2) is 5.96 Å². The molecule has 7 nitrogen and oxygen atoms in total. The van der Waals surface area contributed by atoms with Crippen molar-refractivity contribution in [1.29, 1.82) is 0 Å². The van der Waals surface area contributed by atoms with Crippen molar-refractivity contribution in [2.24, 2.45) is 4.99 Å². The largest absolute Gasteiger partial charge is 0.382 e. The third-order valence-electron chi connectivity index (χ3n) is 4.36. The van der Waals surface area contributed by atoms with Gasteiger partial charge in [-0.05, 0) is 31.7 Å². The van der Waals surface area contributed by atoms with Gasteiger partial charge in [0.1, 0.15) is 12.2 Å². The average Bonchev–Trinajstić information content (AvgIpc) is 3.18. The van der Waals surface area contributed by atoms with Gasteiger partial charge < -0.3 is 19.9 Å². The zero-order valence-electron chi connectivity index (χ0n) is 17.6. The first-order valence-electron chi connectivity index (χ1n) is 10.3. The second kappa shape index (κ2) is 16.2. The minimum atomic E-state index is 0. The quantitative estimate of drug-likeness (QED) is 0.186. The number of rotatable bonds is 13. The van der Waals surface area contributed by atoms with Crippen molar-refractivity contribution < 1.29 is 4.74 Å².